The van der Waals surface area contributed by atoms with Crippen LogP contribution in [0.1, 0.15) is 27.5 Å². The maximum absolute atomic E-state index is 12.6. The van der Waals surface area contributed by atoms with Gasteiger partial charge in [0.25, 0.3) is 5.91 Å². The normalized spacial score (nSPS) is 11.2. The fourth-order valence-corrected chi connectivity index (χ4v) is 3.47. The molecule has 0 atom stereocenters. The summed E-state index contributed by atoms with van der Waals surface area (Å²) in [5.74, 6) is 0.500. The Bertz CT molecular complexity index is 1270. The topological polar surface area (TPSA) is 70.9 Å². The van der Waals surface area contributed by atoms with Crippen molar-refractivity contribution in [2.45, 2.75) is 13.0 Å². The summed E-state index contributed by atoms with van der Waals surface area (Å²) < 4.78 is 5.82. The minimum Gasteiger partial charge on any atom is -0.440 e. The molecule has 0 aliphatic heterocycles. The minimum atomic E-state index is -0.141. The number of hydrogen-bond acceptors (Lipinski definition) is 3. The number of carbonyl (C=O) groups excluding carboxylic acids is 1. The number of H-pyrrole nitrogens is 1. The molecule has 0 radical (unpaired) electrons. The quantitative estimate of drug-likeness (QED) is 0.458. The zero-order valence-electron chi connectivity index (χ0n) is 15.7. The van der Waals surface area contributed by atoms with Crippen molar-refractivity contribution in [2.75, 3.05) is 0 Å². The number of para-hydroxylation sites is 1. The van der Waals surface area contributed by atoms with Crippen LogP contribution >= 0.6 is 0 Å². The number of aromatic nitrogens is 2. The molecule has 0 saturated heterocycles. The van der Waals surface area contributed by atoms with Gasteiger partial charge in [-0.1, -0.05) is 48.5 Å². The summed E-state index contributed by atoms with van der Waals surface area (Å²) in [5, 5.41) is 4.09. The summed E-state index contributed by atoms with van der Waals surface area (Å²) >= 11 is 0. The molecule has 0 aliphatic rings. The van der Waals surface area contributed by atoms with Crippen molar-refractivity contribution < 1.29 is 9.21 Å². The average molecular weight is 381 g/mol. The van der Waals surface area contributed by atoms with E-state index in [0.29, 0.717) is 35.5 Å². The smallest absolute Gasteiger partial charge is 0.251 e. The van der Waals surface area contributed by atoms with Gasteiger partial charge < -0.3 is 14.7 Å². The van der Waals surface area contributed by atoms with Crippen molar-refractivity contribution in [3.63, 3.8) is 0 Å². The first-order valence-corrected chi connectivity index (χ1v) is 9.53. The Balaban J connectivity index is 1.30. The number of nitrogens with zero attached hydrogens (tertiary/aromatic N) is 1. The molecule has 5 nitrogen and oxygen atoms in total. The zero-order chi connectivity index (χ0) is 19.6. The van der Waals surface area contributed by atoms with Gasteiger partial charge in [0.1, 0.15) is 5.52 Å². The van der Waals surface area contributed by atoms with Crippen molar-refractivity contribution in [2.24, 2.45) is 0 Å². The van der Waals surface area contributed by atoms with Gasteiger partial charge in [-0.05, 0) is 41.3 Å². The molecular weight excluding hydrogens is 362 g/mol. The largest absolute Gasteiger partial charge is 0.440 e. The first-order valence-electron chi connectivity index (χ1n) is 9.53. The molecule has 2 aromatic heterocycles. The summed E-state index contributed by atoms with van der Waals surface area (Å²) in [6.07, 6.45) is 0.622. The Kier molecular flexibility index (Phi) is 4.33. The Morgan fingerprint density at radius 3 is 2.66 bits per heavy atom. The average Bonchev–Trinajstić information content (AvgIpc) is 3.35. The molecule has 5 rings (SSSR count). The Labute approximate surface area is 167 Å². The fourth-order valence-electron chi connectivity index (χ4n) is 3.47. The van der Waals surface area contributed by atoms with Gasteiger partial charge in [-0.3, -0.25) is 4.79 Å². The maximum atomic E-state index is 12.6. The molecule has 29 heavy (non-hydrogen) atoms. The maximum Gasteiger partial charge on any atom is 0.251 e. The third-order valence-electron chi connectivity index (χ3n) is 4.92. The lowest BCUT2D eigenvalue weighted by molar-refractivity contribution is 0.0950. The lowest BCUT2D eigenvalue weighted by Crippen LogP contribution is -2.22. The third kappa shape index (κ3) is 3.62. The zero-order valence-corrected chi connectivity index (χ0v) is 15.7. The Morgan fingerprint density at radius 1 is 0.966 bits per heavy atom. The Morgan fingerprint density at radius 2 is 1.79 bits per heavy atom. The van der Waals surface area contributed by atoms with Gasteiger partial charge in [0.2, 0.25) is 0 Å². The molecule has 0 spiro atoms. The molecule has 0 saturated carbocycles. The van der Waals surface area contributed by atoms with Crippen LogP contribution in [0.3, 0.4) is 0 Å². The van der Waals surface area contributed by atoms with Gasteiger partial charge >= 0.3 is 0 Å². The standard InChI is InChI=1S/C24H19N3O2/c28-24(25-15-19-13-17-8-4-5-9-20(17)26-19)18-10-11-22-21(14-18)27-23(29-22)12-16-6-2-1-3-7-16/h1-11,13-14,26H,12,15H2,(H,25,28). The van der Waals surface area contributed by atoms with E-state index in [1.165, 1.54) is 0 Å². The molecule has 2 N–H and O–H groups in total. The van der Waals surface area contributed by atoms with Gasteiger partial charge in [0.15, 0.2) is 11.5 Å². The Hall–Kier alpha value is -3.86. The van der Waals surface area contributed by atoms with Gasteiger partial charge in [-0.2, -0.15) is 0 Å². The molecule has 0 bridgehead atoms. The van der Waals surface area contributed by atoms with Crippen LogP contribution in [0, 0.1) is 0 Å². The number of benzene rings is 3. The summed E-state index contributed by atoms with van der Waals surface area (Å²) in [5.41, 5.74) is 5.10. The van der Waals surface area contributed by atoms with Gasteiger partial charge in [-0.25, -0.2) is 4.98 Å². The molecule has 5 aromatic rings. The number of carbonyl (C=O) groups is 1. The predicted octanol–water partition coefficient (Wildman–Crippen LogP) is 4.83. The molecule has 0 aliphatic carbocycles. The lowest BCUT2D eigenvalue weighted by Gasteiger charge is -2.03. The molecular formula is C24H19N3O2. The number of oxazole rings is 1. The van der Waals surface area contributed by atoms with E-state index in [2.05, 4.69) is 15.3 Å². The minimum absolute atomic E-state index is 0.141. The molecule has 2 heterocycles. The third-order valence-corrected chi connectivity index (χ3v) is 4.92. The number of nitrogens with one attached hydrogen (secondary N) is 2. The van der Waals surface area contributed by atoms with E-state index in [9.17, 15) is 4.79 Å². The highest BCUT2D eigenvalue weighted by Crippen LogP contribution is 2.20. The summed E-state index contributed by atoms with van der Waals surface area (Å²) in [7, 11) is 0. The van der Waals surface area contributed by atoms with Crippen molar-refractivity contribution in [3.05, 3.63) is 102 Å². The van der Waals surface area contributed by atoms with E-state index in [4.69, 9.17) is 4.42 Å². The molecule has 0 unspecified atom stereocenters. The summed E-state index contributed by atoms with van der Waals surface area (Å²) in [6, 6.07) is 25.5. The van der Waals surface area contributed by atoms with Crippen LogP contribution < -0.4 is 5.32 Å². The highest BCUT2D eigenvalue weighted by molar-refractivity contribution is 5.97. The second kappa shape index (κ2) is 7.28. The second-order valence-corrected chi connectivity index (χ2v) is 7.02. The van der Waals surface area contributed by atoms with Crippen LogP contribution in [0.25, 0.3) is 22.0 Å². The lowest BCUT2D eigenvalue weighted by atomic mass is 10.1. The van der Waals surface area contributed by atoms with Crippen molar-refractivity contribution >= 4 is 27.9 Å². The van der Waals surface area contributed by atoms with E-state index < -0.39 is 0 Å². The monoisotopic (exact) mass is 381 g/mol. The highest BCUT2D eigenvalue weighted by atomic mass is 16.3. The van der Waals surface area contributed by atoms with Crippen LogP contribution in [-0.4, -0.2) is 15.9 Å². The van der Waals surface area contributed by atoms with Crippen molar-refractivity contribution in [1.29, 1.82) is 0 Å². The van der Waals surface area contributed by atoms with Crippen molar-refractivity contribution in [3.8, 4) is 0 Å². The highest BCUT2D eigenvalue weighted by Gasteiger charge is 2.11. The molecule has 0 fully saturated rings. The van der Waals surface area contributed by atoms with Crippen LogP contribution in [-0.2, 0) is 13.0 Å². The second-order valence-electron chi connectivity index (χ2n) is 7.02. The van der Waals surface area contributed by atoms with E-state index in [1.807, 2.05) is 60.7 Å². The van der Waals surface area contributed by atoms with Crippen molar-refractivity contribution in [1.82, 2.24) is 15.3 Å². The van der Waals surface area contributed by atoms with E-state index in [1.54, 1.807) is 18.2 Å². The van der Waals surface area contributed by atoms with E-state index in [0.717, 1.165) is 22.2 Å². The van der Waals surface area contributed by atoms with Gasteiger partial charge in [0.05, 0.1) is 6.54 Å². The first kappa shape index (κ1) is 17.3. The van der Waals surface area contributed by atoms with Crippen LogP contribution in [0.15, 0.2) is 83.3 Å². The summed E-state index contributed by atoms with van der Waals surface area (Å²) in [6.45, 7) is 0.434. The van der Waals surface area contributed by atoms with Crippen LogP contribution in [0.5, 0.6) is 0 Å². The first-order chi connectivity index (χ1) is 14.2. The van der Waals surface area contributed by atoms with Crippen LogP contribution in [0.2, 0.25) is 0 Å². The number of aromatic amines is 1. The molecule has 142 valence electrons. The summed E-state index contributed by atoms with van der Waals surface area (Å²) in [4.78, 5) is 20.5. The van der Waals surface area contributed by atoms with Crippen LogP contribution in [0.4, 0.5) is 0 Å². The molecule has 1 amide bonds. The molecule has 3 aromatic carbocycles. The van der Waals surface area contributed by atoms with Gasteiger partial charge in [0, 0.05) is 23.2 Å². The number of fused-ring (bicyclic) bond motifs is 2. The SMILES string of the molecule is O=C(NCc1cc2ccccc2[nH]1)c1ccc2oc(Cc3ccccc3)nc2c1. The predicted molar refractivity (Wildman–Crippen MR) is 113 cm³/mol. The van der Waals surface area contributed by atoms with E-state index in [-0.39, 0.29) is 5.91 Å². The number of hydrogen-bond donors (Lipinski definition) is 2. The van der Waals surface area contributed by atoms with E-state index >= 15 is 0 Å². The van der Waals surface area contributed by atoms with Gasteiger partial charge in [-0.15, -0.1) is 0 Å². The number of rotatable bonds is 5. The number of amides is 1. The fraction of sp³-hybridized carbons (Fsp3) is 0.0833. The molecule has 5 heteroatoms.